The van der Waals surface area contributed by atoms with E-state index < -0.39 is 0 Å². The highest BCUT2D eigenvalue weighted by Crippen LogP contribution is 2.22. The number of imidazole rings is 1. The van der Waals surface area contributed by atoms with Gasteiger partial charge in [-0.1, -0.05) is 0 Å². The molecule has 0 amide bonds. The molecule has 0 saturated carbocycles. The molecular weight excluding hydrogens is 240 g/mol. The maximum atomic E-state index is 5.79. The van der Waals surface area contributed by atoms with E-state index in [2.05, 4.69) is 20.3 Å². The highest BCUT2D eigenvalue weighted by Gasteiger charge is 2.05. The summed E-state index contributed by atoms with van der Waals surface area (Å²) in [6.07, 6.45) is 1.54. The maximum Gasteiger partial charge on any atom is 0.200 e. The van der Waals surface area contributed by atoms with E-state index in [1.54, 1.807) is 0 Å². The van der Waals surface area contributed by atoms with E-state index in [4.69, 9.17) is 5.73 Å². The normalized spacial score (nSPS) is 10.8. The molecular formula is C13H14N6. The lowest BCUT2D eigenvalue weighted by Crippen LogP contribution is -1.96. The van der Waals surface area contributed by atoms with Crippen LogP contribution in [0.3, 0.4) is 0 Å². The molecule has 96 valence electrons. The lowest BCUT2D eigenvalue weighted by atomic mass is 10.2. The van der Waals surface area contributed by atoms with Crippen LogP contribution in [0.2, 0.25) is 0 Å². The van der Waals surface area contributed by atoms with Crippen LogP contribution in [0.5, 0.6) is 0 Å². The summed E-state index contributed by atoms with van der Waals surface area (Å²) in [5.41, 5.74) is 9.48. The highest BCUT2D eigenvalue weighted by atomic mass is 15.1. The van der Waals surface area contributed by atoms with Crippen LogP contribution in [0.25, 0.3) is 11.0 Å². The number of hydrogen-bond acceptors (Lipinski definition) is 5. The number of nitrogens with one attached hydrogen (secondary N) is 1. The van der Waals surface area contributed by atoms with Crippen molar-refractivity contribution in [3.05, 3.63) is 36.3 Å². The van der Waals surface area contributed by atoms with Gasteiger partial charge in [0.2, 0.25) is 5.95 Å². The summed E-state index contributed by atoms with van der Waals surface area (Å²) in [6, 6.07) is 7.79. The van der Waals surface area contributed by atoms with Gasteiger partial charge >= 0.3 is 0 Å². The second-order valence-corrected chi connectivity index (χ2v) is 4.40. The van der Waals surface area contributed by atoms with Crippen LogP contribution >= 0.6 is 0 Å². The van der Waals surface area contributed by atoms with Crippen LogP contribution in [-0.2, 0) is 7.05 Å². The molecule has 0 spiro atoms. The number of fused-ring (bicyclic) bond motifs is 1. The Kier molecular flexibility index (Phi) is 2.56. The van der Waals surface area contributed by atoms with Gasteiger partial charge in [-0.05, 0) is 25.1 Å². The predicted octanol–water partition coefficient (Wildman–Crippen LogP) is 2.00. The summed E-state index contributed by atoms with van der Waals surface area (Å²) in [4.78, 5) is 12.5. The molecule has 0 unspecified atom stereocenters. The second kappa shape index (κ2) is 4.24. The van der Waals surface area contributed by atoms with E-state index in [1.165, 1.54) is 6.33 Å². The molecule has 2 heterocycles. The number of aromatic nitrogens is 4. The zero-order valence-electron chi connectivity index (χ0n) is 10.8. The molecule has 0 aliphatic heterocycles. The van der Waals surface area contributed by atoms with Crippen molar-refractivity contribution in [1.29, 1.82) is 0 Å². The van der Waals surface area contributed by atoms with E-state index in [1.807, 2.05) is 42.8 Å². The minimum Gasteiger partial charge on any atom is -0.369 e. The molecule has 6 nitrogen and oxygen atoms in total. The number of nitrogens with zero attached hydrogens (tertiary/aromatic N) is 4. The summed E-state index contributed by atoms with van der Waals surface area (Å²) >= 11 is 0. The van der Waals surface area contributed by atoms with E-state index in [9.17, 15) is 0 Å². The van der Waals surface area contributed by atoms with E-state index in [0.717, 1.165) is 28.2 Å². The van der Waals surface area contributed by atoms with Crippen molar-refractivity contribution in [3.8, 4) is 0 Å². The molecule has 3 N–H and O–H groups in total. The fourth-order valence-corrected chi connectivity index (χ4v) is 1.97. The molecule has 6 heteroatoms. The third kappa shape index (κ3) is 2.08. The Labute approximate surface area is 110 Å². The predicted molar refractivity (Wildman–Crippen MR) is 75.2 cm³/mol. The Balaban J connectivity index is 1.97. The second-order valence-electron chi connectivity index (χ2n) is 4.40. The third-order valence-electron chi connectivity index (χ3n) is 2.99. The van der Waals surface area contributed by atoms with Gasteiger partial charge in [0.1, 0.15) is 12.1 Å². The van der Waals surface area contributed by atoms with Crippen molar-refractivity contribution in [2.45, 2.75) is 6.92 Å². The first-order valence-corrected chi connectivity index (χ1v) is 5.91. The summed E-state index contributed by atoms with van der Waals surface area (Å²) in [5, 5.41) is 3.22. The summed E-state index contributed by atoms with van der Waals surface area (Å²) in [6.45, 7) is 1.93. The smallest absolute Gasteiger partial charge is 0.200 e. The van der Waals surface area contributed by atoms with Crippen molar-refractivity contribution in [2.24, 2.45) is 7.05 Å². The van der Waals surface area contributed by atoms with Gasteiger partial charge in [-0.2, -0.15) is 0 Å². The van der Waals surface area contributed by atoms with Crippen LogP contribution < -0.4 is 11.1 Å². The van der Waals surface area contributed by atoms with Gasteiger partial charge in [0.25, 0.3) is 0 Å². The van der Waals surface area contributed by atoms with Gasteiger partial charge in [0.15, 0.2) is 0 Å². The molecule has 2 aromatic heterocycles. The molecule has 19 heavy (non-hydrogen) atoms. The quantitative estimate of drug-likeness (QED) is 0.731. The molecule has 1 aromatic carbocycles. The van der Waals surface area contributed by atoms with Crippen molar-refractivity contribution in [1.82, 2.24) is 19.5 Å². The van der Waals surface area contributed by atoms with Crippen LogP contribution in [0.15, 0.2) is 30.6 Å². The molecule has 0 radical (unpaired) electrons. The zero-order valence-corrected chi connectivity index (χ0v) is 10.8. The standard InChI is InChI=1S/C13H14N6/c1-8-5-12(16-7-15-8)17-9-3-4-11-10(6-9)18-13(14)19(11)2/h3-7H,1-2H3,(H2,14,18)(H,15,16,17). The summed E-state index contributed by atoms with van der Waals surface area (Å²) in [5.74, 6) is 1.26. The van der Waals surface area contributed by atoms with Gasteiger partial charge in [-0.15, -0.1) is 0 Å². The molecule has 3 aromatic rings. The first-order chi connectivity index (χ1) is 9.13. The Hall–Kier alpha value is -2.63. The number of aryl methyl sites for hydroxylation is 2. The SMILES string of the molecule is Cc1cc(Nc2ccc3c(c2)nc(N)n3C)ncn1. The molecule has 0 bridgehead atoms. The minimum atomic E-state index is 0.505. The Morgan fingerprint density at radius 1 is 1.21 bits per heavy atom. The molecule has 0 fully saturated rings. The summed E-state index contributed by atoms with van der Waals surface area (Å²) < 4.78 is 1.86. The highest BCUT2D eigenvalue weighted by molar-refractivity contribution is 5.82. The first-order valence-electron chi connectivity index (χ1n) is 5.91. The van der Waals surface area contributed by atoms with Crippen molar-refractivity contribution in [2.75, 3.05) is 11.1 Å². The van der Waals surface area contributed by atoms with Crippen molar-refractivity contribution < 1.29 is 0 Å². The van der Waals surface area contributed by atoms with Crippen LogP contribution in [0.4, 0.5) is 17.5 Å². The van der Waals surface area contributed by atoms with Crippen LogP contribution in [-0.4, -0.2) is 19.5 Å². The van der Waals surface area contributed by atoms with Crippen LogP contribution in [0.1, 0.15) is 5.69 Å². The third-order valence-corrected chi connectivity index (χ3v) is 2.99. The number of nitrogen functional groups attached to an aromatic ring is 1. The Morgan fingerprint density at radius 2 is 2.05 bits per heavy atom. The number of benzene rings is 1. The average molecular weight is 254 g/mol. The molecule has 0 aliphatic rings. The number of nitrogens with two attached hydrogens (primary N) is 1. The average Bonchev–Trinajstić information content (AvgIpc) is 2.65. The van der Waals surface area contributed by atoms with Crippen molar-refractivity contribution >= 4 is 28.5 Å². The van der Waals surface area contributed by atoms with E-state index >= 15 is 0 Å². The molecule has 0 aliphatic carbocycles. The van der Waals surface area contributed by atoms with E-state index in [0.29, 0.717) is 5.95 Å². The number of hydrogen-bond donors (Lipinski definition) is 2. The minimum absolute atomic E-state index is 0.505. The lowest BCUT2D eigenvalue weighted by Gasteiger charge is -2.05. The Morgan fingerprint density at radius 3 is 2.84 bits per heavy atom. The molecule has 0 atom stereocenters. The number of anilines is 3. The molecule has 3 rings (SSSR count). The lowest BCUT2D eigenvalue weighted by molar-refractivity contribution is 0.965. The van der Waals surface area contributed by atoms with Gasteiger partial charge in [-0.25, -0.2) is 15.0 Å². The first kappa shape index (κ1) is 11.5. The van der Waals surface area contributed by atoms with Gasteiger partial charge in [-0.3, -0.25) is 0 Å². The maximum absolute atomic E-state index is 5.79. The van der Waals surface area contributed by atoms with Gasteiger partial charge < -0.3 is 15.6 Å². The van der Waals surface area contributed by atoms with E-state index in [-0.39, 0.29) is 0 Å². The van der Waals surface area contributed by atoms with Gasteiger partial charge in [0, 0.05) is 24.5 Å². The monoisotopic (exact) mass is 254 g/mol. The van der Waals surface area contributed by atoms with Crippen molar-refractivity contribution in [3.63, 3.8) is 0 Å². The Bertz CT molecular complexity index is 746. The fourth-order valence-electron chi connectivity index (χ4n) is 1.97. The summed E-state index contributed by atoms with van der Waals surface area (Å²) in [7, 11) is 1.89. The van der Waals surface area contributed by atoms with Crippen LogP contribution in [0, 0.1) is 6.92 Å². The zero-order chi connectivity index (χ0) is 13.4. The topological polar surface area (TPSA) is 81.6 Å². The largest absolute Gasteiger partial charge is 0.369 e. The van der Waals surface area contributed by atoms with Gasteiger partial charge in [0.05, 0.1) is 11.0 Å². The fraction of sp³-hybridized carbons (Fsp3) is 0.154. The molecule has 0 saturated heterocycles. The number of rotatable bonds is 2.